The molecule has 0 spiro atoms. The molecule has 1 aliphatic heterocycles. The highest BCUT2D eigenvalue weighted by Crippen LogP contribution is 2.33. The van der Waals surface area contributed by atoms with E-state index in [-0.39, 0.29) is 0 Å². The maximum atomic E-state index is 4.42. The van der Waals surface area contributed by atoms with Crippen LogP contribution in [-0.2, 0) is 0 Å². The number of hydrogen-bond acceptors (Lipinski definition) is 4. The van der Waals surface area contributed by atoms with E-state index in [1.165, 1.54) is 16.0 Å². The van der Waals surface area contributed by atoms with Gasteiger partial charge < -0.3 is 0 Å². The number of rotatable bonds is 0. The molecule has 1 aromatic rings. The van der Waals surface area contributed by atoms with Crippen molar-refractivity contribution < 1.29 is 0 Å². The van der Waals surface area contributed by atoms with Crippen molar-refractivity contribution in [2.24, 2.45) is 0 Å². The highest BCUT2D eigenvalue weighted by molar-refractivity contribution is 7.98. The highest BCUT2D eigenvalue weighted by atomic mass is 32.2. The second-order valence-electron chi connectivity index (χ2n) is 2.95. The van der Waals surface area contributed by atoms with E-state index < -0.39 is 0 Å². The van der Waals surface area contributed by atoms with Crippen molar-refractivity contribution in [3.05, 3.63) is 16.8 Å². The number of hydrazine groups is 1. The third kappa shape index (κ3) is 0.990. The molecular formula is C8H11N3S. The van der Waals surface area contributed by atoms with Crippen LogP contribution in [-0.4, -0.2) is 4.98 Å². The molecule has 0 unspecified atom stereocenters. The lowest BCUT2D eigenvalue weighted by Crippen LogP contribution is -2.06. The van der Waals surface area contributed by atoms with Gasteiger partial charge in [0.05, 0.1) is 4.90 Å². The number of anilines is 1. The van der Waals surface area contributed by atoms with Gasteiger partial charge in [-0.05, 0) is 43.8 Å². The van der Waals surface area contributed by atoms with Crippen molar-refractivity contribution in [2.75, 3.05) is 5.43 Å². The maximum absolute atomic E-state index is 4.42. The highest BCUT2D eigenvalue weighted by Gasteiger charge is 2.17. The molecular weight excluding hydrogens is 170 g/mol. The summed E-state index contributed by atoms with van der Waals surface area (Å²) < 4.78 is 0. The molecule has 0 saturated carbocycles. The fraction of sp³-hybridized carbons (Fsp3) is 0.375. The van der Waals surface area contributed by atoms with Gasteiger partial charge in [0, 0.05) is 5.69 Å². The van der Waals surface area contributed by atoms with Gasteiger partial charge in [0.2, 0.25) is 0 Å². The van der Waals surface area contributed by atoms with Gasteiger partial charge in [-0.3, -0.25) is 5.43 Å². The predicted molar refractivity (Wildman–Crippen MR) is 51.1 cm³/mol. The number of pyridine rings is 1. The number of hydrogen-bond donors (Lipinski definition) is 2. The van der Waals surface area contributed by atoms with E-state index in [2.05, 4.69) is 29.1 Å². The third-order valence-electron chi connectivity index (χ3n) is 2.26. The molecule has 0 aliphatic carbocycles. The predicted octanol–water partition coefficient (Wildman–Crippen LogP) is 1.94. The standard InChI is InChI=1S/C8H11N3S/c1-4-5(2)7-8(9-6(4)3)10-11-12-7/h11H,1-3H3,(H,9,10). The van der Waals surface area contributed by atoms with Crippen molar-refractivity contribution in [1.82, 2.24) is 9.82 Å². The number of aryl methyl sites for hydroxylation is 1. The Morgan fingerprint density at radius 1 is 1.17 bits per heavy atom. The average Bonchev–Trinajstić information content (AvgIpc) is 2.48. The van der Waals surface area contributed by atoms with Gasteiger partial charge >= 0.3 is 0 Å². The van der Waals surface area contributed by atoms with Crippen LogP contribution in [0.25, 0.3) is 0 Å². The van der Waals surface area contributed by atoms with Crippen LogP contribution in [0.4, 0.5) is 5.82 Å². The molecule has 0 radical (unpaired) electrons. The Bertz CT molecular complexity index is 336. The van der Waals surface area contributed by atoms with E-state index in [4.69, 9.17) is 0 Å². The Kier molecular flexibility index (Phi) is 1.73. The summed E-state index contributed by atoms with van der Waals surface area (Å²) in [7, 11) is 0. The Balaban J connectivity index is 2.67. The molecule has 0 saturated heterocycles. The van der Waals surface area contributed by atoms with Crippen LogP contribution in [0.5, 0.6) is 0 Å². The molecule has 2 heterocycles. The first-order chi connectivity index (χ1) is 5.70. The maximum Gasteiger partial charge on any atom is 0.156 e. The van der Waals surface area contributed by atoms with Crippen LogP contribution in [0.15, 0.2) is 4.90 Å². The second-order valence-corrected chi connectivity index (χ2v) is 3.77. The van der Waals surface area contributed by atoms with E-state index in [9.17, 15) is 0 Å². The summed E-state index contributed by atoms with van der Waals surface area (Å²) >= 11 is 1.59. The first-order valence-corrected chi connectivity index (χ1v) is 4.67. The Morgan fingerprint density at radius 2 is 1.92 bits per heavy atom. The normalized spacial score (nSPS) is 14.2. The topological polar surface area (TPSA) is 37.0 Å². The first-order valence-electron chi connectivity index (χ1n) is 3.86. The van der Waals surface area contributed by atoms with Crippen molar-refractivity contribution in [1.29, 1.82) is 0 Å². The summed E-state index contributed by atoms with van der Waals surface area (Å²) in [5.41, 5.74) is 6.71. The number of aromatic nitrogens is 1. The molecule has 0 amide bonds. The summed E-state index contributed by atoms with van der Waals surface area (Å²) in [6, 6.07) is 0. The van der Waals surface area contributed by atoms with Gasteiger partial charge in [0.15, 0.2) is 5.82 Å². The molecule has 3 nitrogen and oxygen atoms in total. The lowest BCUT2D eigenvalue weighted by Gasteiger charge is -2.06. The van der Waals surface area contributed by atoms with Gasteiger partial charge in [0.1, 0.15) is 0 Å². The zero-order valence-electron chi connectivity index (χ0n) is 7.36. The van der Waals surface area contributed by atoms with E-state index in [1.807, 2.05) is 6.92 Å². The SMILES string of the molecule is Cc1nc2c(c(C)c1C)SNN2. The minimum absolute atomic E-state index is 0.959. The van der Waals surface area contributed by atoms with Crippen molar-refractivity contribution >= 4 is 17.8 Å². The van der Waals surface area contributed by atoms with E-state index in [0.29, 0.717) is 0 Å². The number of nitrogens with zero attached hydrogens (tertiary/aromatic N) is 1. The molecule has 2 rings (SSSR count). The molecule has 12 heavy (non-hydrogen) atoms. The van der Waals surface area contributed by atoms with Crippen molar-refractivity contribution in [3.63, 3.8) is 0 Å². The van der Waals surface area contributed by atoms with E-state index in [1.54, 1.807) is 11.9 Å². The summed E-state index contributed by atoms with van der Waals surface area (Å²) in [5, 5.41) is 0. The molecule has 1 aliphatic rings. The number of fused-ring (bicyclic) bond motifs is 1. The molecule has 1 aromatic heterocycles. The Hall–Kier alpha value is -0.740. The quantitative estimate of drug-likeness (QED) is 0.600. The van der Waals surface area contributed by atoms with Crippen molar-refractivity contribution in [3.8, 4) is 0 Å². The third-order valence-corrected chi connectivity index (χ3v) is 3.17. The lowest BCUT2D eigenvalue weighted by molar-refractivity contribution is 1.06. The molecule has 64 valence electrons. The van der Waals surface area contributed by atoms with Crippen LogP contribution in [0.3, 0.4) is 0 Å². The summed E-state index contributed by atoms with van der Waals surface area (Å²) in [6.07, 6.45) is 0. The van der Waals surface area contributed by atoms with Crippen LogP contribution in [0.2, 0.25) is 0 Å². The van der Waals surface area contributed by atoms with Crippen LogP contribution < -0.4 is 10.3 Å². The summed E-state index contributed by atoms with van der Waals surface area (Å²) in [6.45, 7) is 6.27. The molecule has 0 bridgehead atoms. The Labute approximate surface area is 76.1 Å². The van der Waals surface area contributed by atoms with E-state index >= 15 is 0 Å². The summed E-state index contributed by atoms with van der Waals surface area (Å²) in [4.78, 5) is 8.63. The monoisotopic (exact) mass is 181 g/mol. The summed E-state index contributed by atoms with van der Waals surface area (Å²) in [5.74, 6) is 0.959. The Morgan fingerprint density at radius 3 is 2.67 bits per heavy atom. The van der Waals surface area contributed by atoms with E-state index in [0.717, 1.165) is 11.5 Å². The minimum atomic E-state index is 0.959. The lowest BCUT2D eigenvalue weighted by atomic mass is 10.1. The van der Waals surface area contributed by atoms with Crippen molar-refractivity contribution in [2.45, 2.75) is 25.7 Å². The molecule has 4 heteroatoms. The average molecular weight is 181 g/mol. The number of nitrogens with one attached hydrogen (secondary N) is 2. The van der Waals surface area contributed by atoms with Gasteiger partial charge in [-0.15, -0.1) is 0 Å². The van der Waals surface area contributed by atoms with Gasteiger partial charge in [-0.1, -0.05) is 0 Å². The van der Waals surface area contributed by atoms with Crippen LogP contribution in [0, 0.1) is 20.8 Å². The molecule has 0 atom stereocenters. The minimum Gasteiger partial charge on any atom is -0.295 e. The zero-order chi connectivity index (χ0) is 8.72. The molecule has 2 N–H and O–H groups in total. The fourth-order valence-electron chi connectivity index (χ4n) is 1.26. The largest absolute Gasteiger partial charge is 0.295 e. The molecule has 0 aromatic carbocycles. The second kappa shape index (κ2) is 2.64. The zero-order valence-corrected chi connectivity index (χ0v) is 8.17. The molecule has 0 fully saturated rings. The smallest absolute Gasteiger partial charge is 0.156 e. The van der Waals surface area contributed by atoms with Crippen LogP contribution >= 0.6 is 11.9 Å². The van der Waals surface area contributed by atoms with Gasteiger partial charge in [-0.25, -0.2) is 4.98 Å². The van der Waals surface area contributed by atoms with Gasteiger partial charge in [0.25, 0.3) is 0 Å². The fourth-order valence-corrected chi connectivity index (χ4v) is 2.01. The first kappa shape index (κ1) is 7.89. The van der Waals surface area contributed by atoms with Gasteiger partial charge in [-0.2, -0.15) is 4.83 Å². The van der Waals surface area contributed by atoms with Crippen LogP contribution in [0.1, 0.15) is 16.8 Å².